The number of aliphatic hydroxyl groups is 1. The molecule has 1 aliphatic heterocycles. The Bertz CT molecular complexity index is 1450. The molecule has 1 saturated heterocycles. The highest BCUT2D eigenvalue weighted by atomic mass is 35.5. The summed E-state index contributed by atoms with van der Waals surface area (Å²) < 4.78 is 38.9. The molecule has 3 atom stereocenters. The SMILES string of the molecule is C=C1OC(c2ccc(Cl)c(Cc3ccc(OCC)c(F)c3)c2)CC(OCc2ccccc2)[C@@H]1OCc1ccccc1.CO. The highest BCUT2D eigenvalue weighted by molar-refractivity contribution is 6.31. The number of hydrogen-bond acceptors (Lipinski definition) is 5. The van der Waals surface area contributed by atoms with Gasteiger partial charge in [-0.15, -0.1) is 0 Å². The lowest BCUT2D eigenvalue weighted by molar-refractivity contribution is -0.139. The second-order valence-corrected chi connectivity index (χ2v) is 10.5. The zero-order valence-corrected chi connectivity index (χ0v) is 25.3. The summed E-state index contributed by atoms with van der Waals surface area (Å²) in [5.41, 5.74) is 4.78. The van der Waals surface area contributed by atoms with E-state index in [4.69, 9.17) is 35.7 Å². The van der Waals surface area contributed by atoms with E-state index in [0.717, 1.165) is 34.9 Å². The minimum Gasteiger partial charge on any atom is -0.491 e. The molecular weight excluding hydrogens is 567 g/mol. The normalized spacial score (nSPS) is 17.9. The third kappa shape index (κ3) is 8.91. The molecule has 0 bridgehead atoms. The van der Waals surface area contributed by atoms with Gasteiger partial charge in [0.2, 0.25) is 0 Å². The van der Waals surface area contributed by atoms with E-state index in [-0.39, 0.29) is 23.8 Å². The molecule has 0 spiro atoms. The van der Waals surface area contributed by atoms with Crippen LogP contribution in [0.15, 0.2) is 109 Å². The van der Waals surface area contributed by atoms with Gasteiger partial charge in [-0.05, 0) is 59.4 Å². The second-order valence-electron chi connectivity index (χ2n) is 10.1. The third-order valence-corrected chi connectivity index (χ3v) is 7.48. The Morgan fingerprint density at radius 3 is 2.14 bits per heavy atom. The Kier molecular flexibility index (Phi) is 12.2. The first kappa shape index (κ1) is 32.2. The zero-order chi connectivity index (χ0) is 30.6. The molecule has 1 N–H and O–H groups in total. The fraction of sp³-hybridized carbons (Fsp3) is 0.278. The third-order valence-electron chi connectivity index (χ3n) is 7.11. The van der Waals surface area contributed by atoms with Gasteiger partial charge in [-0.1, -0.05) is 97.0 Å². The summed E-state index contributed by atoms with van der Waals surface area (Å²) >= 11 is 6.58. The predicted octanol–water partition coefficient (Wildman–Crippen LogP) is 8.22. The van der Waals surface area contributed by atoms with E-state index in [1.807, 2.05) is 91.9 Å². The lowest BCUT2D eigenvalue weighted by atomic mass is 9.93. The molecule has 1 heterocycles. The van der Waals surface area contributed by atoms with Gasteiger partial charge in [0.15, 0.2) is 11.6 Å². The van der Waals surface area contributed by atoms with Crippen molar-refractivity contribution in [3.63, 3.8) is 0 Å². The summed E-state index contributed by atoms with van der Waals surface area (Å²) in [6.45, 7) is 7.33. The Labute approximate surface area is 258 Å². The largest absolute Gasteiger partial charge is 0.491 e. The number of ether oxygens (including phenoxy) is 4. The quantitative estimate of drug-likeness (QED) is 0.187. The fourth-order valence-corrected chi connectivity index (χ4v) is 5.20. The van der Waals surface area contributed by atoms with Crippen molar-refractivity contribution in [3.8, 4) is 5.75 Å². The molecule has 5 rings (SSSR count). The van der Waals surface area contributed by atoms with Gasteiger partial charge in [-0.2, -0.15) is 0 Å². The van der Waals surface area contributed by atoms with Crippen LogP contribution in [0.25, 0.3) is 0 Å². The molecule has 0 radical (unpaired) electrons. The molecule has 4 aromatic carbocycles. The number of hydrogen-bond donors (Lipinski definition) is 1. The lowest BCUT2D eigenvalue weighted by Crippen LogP contribution is -2.40. The molecule has 0 saturated carbocycles. The Morgan fingerprint density at radius 1 is 0.860 bits per heavy atom. The molecule has 4 aromatic rings. The van der Waals surface area contributed by atoms with Gasteiger partial charge < -0.3 is 24.1 Å². The van der Waals surface area contributed by atoms with Crippen molar-refractivity contribution in [2.75, 3.05) is 13.7 Å². The van der Waals surface area contributed by atoms with Crippen LogP contribution in [0, 0.1) is 5.82 Å². The van der Waals surface area contributed by atoms with Crippen LogP contribution in [-0.2, 0) is 33.8 Å². The van der Waals surface area contributed by atoms with Crippen LogP contribution in [-0.4, -0.2) is 31.0 Å². The van der Waals surface area contributed by atoms with E-state index in [9.17, 15) is 4.39 Å². The molecule has 0 aliphatic carbocycles. The number of halogens is 2. The van der Waals surface area contributed by atoms with E-state index in [2.05, 4.69) is 6.58 Å². The highest BCUT2D eigenvalue weighted by Gasteiger charge is 2.37. The minimum atomic E-state index is -0.422. The topological polar surface area (TPSA) is 57.2 Å². The smallest absolute Gasteiger partial charge is 0.165 e. The summed E-state index contributed by atoms with van der Waals surface area (Å²) in [7, 11) is 1.00. The number of benzene rings is 4. The van der Waals surface area contributed by atoms with E-state index in [1.54, 1.807) is 6.07 Å². The van der Waals surface area contributed by atoms with Crippen molar-refractivity contribution in [1.82, 2.24) is 0 Å². The van der Waals surface area contributed by atoms with Crippen molar-refractivity contribution in [2.24, 2.45) is 0 Å². The Morgan fingerprint density at radius 2 is 1.51 bits per heavy atom. The minimum absolute atomic E-state index is 0.246. The molecule has 0 aromatic heterocycles. The number of aliphatic hydroxyl groups excluding tert-OH is 1. The average Bonchev–Trinajstić information content (AvgIpc) is 3.04. The Balaban J connectivity index is 0.00000207. The van der Waals surface area contributed by atoms with Gasteiger partial charge in [0.1, 0.15) is 18.0 Å². The fourth-order valence-electron chi connectivity index (χ4n) is 5.01. The first-order chi connectivity index (χ1) is 21.0. The van der Waals surface area contributed by atoms with Crippen LogP contribution < -0.4 is 4.74 Å². The van der Waals surface area contributed by atoms with Crippen molar-refractivity contribution in [1.29, 1.82) is 0 Å². The van der Waals surface area contributed by atoms with E-state index >= 15 is 0 Å². The van der Waals surface area contributed by atoms with Crippen molar-refractivity contribution in [2.45, 2.75) is 51.3 Å². The molecular formula is C36H38ClFO5. The summed E-state index contributed by atoms with van der Waals surface area (Å²) in [4.78, 5) is 0. The number of rotatable bonds is 11. The summed E-state index contributed by atoms with van der Waals surface area (Å²) in [5, 5.41) is 7.61. The molecule has 43 heavy (non-hydrogen) atoms. The molecule has 5 nitrogen and oxygen atoms in total. The monoisotopic (exact) mass is 604 g/mol. The van der Waals surface area contributed by atoms with Gasteiger partial charge in [-0.3, -0.25) is 0 Å². The van der Waals surface area contributed by atoms with Gasteiger partial charge in [0.05, 0.1) is 25.9 Å². The maximum atomic E-state index is 14.5. The first-order valence-electron chi connectivity index (χ1n) is 14.3. The van der Waals surface area contributed by atoms with Gasteiger partial charge in [-0.25, -0.2) is 4.39 Å². The van der Waals surface area contributed by atoms with Gasteiger partial charge in [0, 0.05) is 18.6 Å². The maximum absolute atomic E-state index is 14.5. The predicted molar refractivity (Wildman–Crippen MR) is 168 cm³/mol. The van der Waals surface area contributed by atoms with Crippen LogP contribution in [0.5, 0.6) is 5.75 Å². The lowest BCUT2D eigenvalue weighted by Gasteiger charge is -2.38. The van der Waals surface area contributed by atoms with Crippen LogP contribution in [0.1, 0.15) is 47.3 Å². The van der Waals surface area contributed by atoms with E-state index in [0.29, 0.717) is 43.4 Å². The average molecular weight is 605 g/mol. The summed E-state index contributed by atoms with van der Waals surface area (Å²) in [6, 6.07) is 30.9. The highest BCUT2D eigenvalue weighted by Crippen LogP contribution is 2.38. The molecule has 226 valence electrons. The molecule has 1 aliphatic rings. The standard InChI is InChI=1S/C35H34ClFO4.CH4O/c1-3-38-32-17-14-27(19-31(32)37)18-29-20-28(15-16-30(29)36)33-21-34(39-22-25-10-6-4-7-11-25)35(24(2)41-33)40-23-26-12-8-5-9-13-26;1-2/h4-17,19-20,33-35H,2-3,18,21-23H2,1H3;2H,1H3/t33?,34?,35-;/m1./s1. The maximum Gasteiger partial charge on any atom is 0.165 e. The Hall–Kier alpha value is -3.68. The van der Waals surface area contributed by atoms with Crippen molar-refractivity contribution in [3.05, 3.63) is 148 Å². The van der Waals surface area contributed by atoms with E-state index in [1.165, 1.54) is 6.07 Å². The first-order valence-corrected chi connectivity index (χ1v) is 14.7. The molecule has 1 fully saturated rings. The van der Waals surface area contributed by atoms with Crippen molar-refractivity contribution < 1.29 is 28.4 Å². The van der Waals surface area contributed by atoms with E-state index < -0.39 is 6.10 Å². The van der Waals surface area contributed by atoms with Gasteiger partial charge >= 0.3 is 0 Å². The van der Waals surface area contributed by atoms with Crippen LogP contribution in [0.2, 0.25) is 5.02 Å². The van der Waals surface area contributed by atoms with Crippen LogP contribution in [0.4, 0.5) is 4.39 Å². The van der Waals surface area contributed by atoms with Crippen LogP contribution >= 0.6 is 11.6 Å². The van der Waals surface area contributed by atoms with Crippen LogP contribution in [0.3, 0.4) is 0 Å². The summed E-state index contributed by atoms with van der Waals surface area (Å²) in [5.74, 6) is 0.389. The summed E-state index contributed by atoms with van der Waals surface area (Å²) in [6.07, 6.45) is 0.0519. The van der Waals surface area contributed by atoms with Crippen molar-refractivity contribution >= 4 is 11.6 Å². The molecule has 7 heteroatoms. The second kappa shape index (κ2) is 16.2. The van der Waals surface area contributed by atoms with Gasteiger partial charge in [0.25, 0.3) is 0 Å². The molecule has 0 amide bonds. The zero-order valence-electron chi connectivity index (χ0n) is 24.5. The molecule has 2 unspecified atom stereocenters.